The largest absolute Gasteiger partial charge is 0.465 e. The molecule has 0 spiro atoms. The van der Waals surface area contributed by atoms with Crippen LogP contribution in [0.25, 0.3) is 11.1 Å². The molecule has 2 rings (SSSR count). The van der Waals surface area contributed by atoms with Crippen LogP contribution in [0.15, 0.2) is 41.1 Å². The SMILES string of the molecule is CC(C)(C)N(CCNC(=O)c1nocc1-c1ccccc1)C(=O)O. The van der Waals surface area contributed by atoms with Gasteiger partial charge in [0, 0.05) is 18.6 Å². The molecule has 7 heteroatoms. The lowest BCUT2D eigenvalue weighted by molar-refractivity contribution is 0.0886. The minimum Gasteiger partial charge on any atom is -0.465 e. The van der Waals surface area contributed by atoms with Crippen LogP contribution < -0.4 is 5.32 Å². The minimum atomic E-state index is -1.02. The van der Waals surface area contributed by atoms with Crippen molar-refractivity contribution in [1.29, 1.82) is 0 Å². The standard InChI is InChI=1S/C17H21N3O4/c1-17(2,3)20(16(22)23)10-9-18-15(21)14-13(11-24-19-14)12-7-5-4-6-8-12/h4-8,11H,9-10H2,1-3H3,(H,18,21)(H,22,23). The van der Waals surface area contributed by atoms with E-state index >= 15 is 0 Å². The summed E-state index contributed by atoms with van der Waals surface area (Å²) in [5.41, 5.74) is 1.06. The van der Waals surface area contributed by atoms with Crippen molar-refractivity contribution >= 4 is 12.0 Å². The highest BCUT2D eigenvalue weighted by Crippen LogP contribution is 2.22. The molecule has 0 fully saturated rings. The second-order valence-corrected chi connectivity index (χ2v) is 6.30. The Kier molecular flexibility index (Phi) is 5.23. The summed E-state index contributed by atoms with van der Waals surface area (Å²) in [6, 6.07) is 9.31. The number of carbonyl (C=O) groups excluding carboxylic acids is 1. The first-order valence-corrected chi connectivity index (χ1v) is 7.59. The van der Waals surface area contributed by atoms with Gasteiger partial charge < -0.3 is 19.8 Å². The van der Waals surface area contributed by atoms with Crippen LogP contribution in [0.2, 0.25) is 0 Å². The van der Waals surface area contributed by atoms with Crippen LogP contribution in [0.3, 0.4) is 0 Å². The van der Waals surface area contributed by atoms with Crippen molar-refractivity contribution in [3.63, 3.8) is 0 Å². The molecule has 0 saturated heterocycles. The van der Waals surface area contributed by atoms with Crippen molar-refractivity contribution in [2.24, 2.45) is 0 Å². The summed E-state index contributed by atoms with van der Waals surface area (Å²) in [5, 5.41) is 15.7. The van der Waals surface area contributed by atoms with E-state index in [0.717, 1.165) is 5.56 Å². The van der Waals surface area contributed by atoms with Gasteiger partial charge in [-0.15, -0.1) is 0 Å². The van der Waals surface area contributed by atoms with Crippen molar-refractivity contribution in [2.75, 3.05) is 13.1 Å². The minimum absolute atomic E-state index is 0.179. The molecule has 7 nitrogen and oxygen atoms in total. The summed E-state index contributed by atoms with van der Waals surface area (Å²) >= 11 is 0. The second kappa shape index (κ2) is 7.16. The number of nitrogens with zero attached hydrogens (tertiary/aromatic N) is 2. The van der Waals surface area contributed by atoms with Crippen LogP contribution in [0.1, 0.15) is 31.3 Å². The highest BCUT2D eigenvalue weighted by molar-refractivity contribution is 5.98. The highest BCUT2D eigenvalue weighted by atomic mass is 16.5. The van der Waals surface area contributed by atoms with Gasteiger partial charge in [0.25, 0.3) is 5.91 Å². The summed E-state index contributed by atoms with van der Waals surface area (Å²) < 4.78 is 4.93. The van der Waals surface area contributed by atoms with Gasteiger partial charge in [-0.05, 0) is 26.3 Å². The second-order valence-electron chi connectivity index (χ2n) is 6.30. The number of hydrogen-bond donors (Lipinski definition) is 2. The Balaban J connectivity index is 2.02. The summed E-state index contributed by atoms with van der Waals surface area (Å²) in [7, 11) is 0. The zero-order valence-corrected chi connectivity index (χ0v) is 13.9. The zero-order chi connectivity index (χ0) is 17.7. The molecule has 0 bridgehead atoms. The van der Waals surface area contributed by atoms with Crippen molar-refractivity contribution < 1.29 is 19.2 Å². The lowest BCUT2D eigenvalue weighted by Crippen LogP contribution is -2.48. The number of rotatable bonds is 5. The molecule has 0 unspecified atom stereocenters. The molecule has 24 heavy (non-hydrogen) atoms. The molecule has 0 saturated carbocycles. The molecule has 2 amide bonds. The summed E-state index contributed by atoms with van der Waals surface area (Å²) in [4.78, 5) is 24.8. The van der Waals surface area contributed by atoms with Crippen molar-refractivity contribution in [3.8, 4) is 11.1 Å². The Morgan fingerprint density at radius 2 is 1.92 bits per heavy atom. The Hall–Kier alpha value is -2.83. The number of amides is 2. The predicted octanol–water partition coefficient (Wildman–Crippen LogP) is 2.85. The van der Waals surface area contributed by atoms with Gasteiger partial charge in [0.1, 0.15) is 6.26 Å². The Bertz CT molecular complexity index is 704. The zero-order valence-electron chi connectivity index (χ0n) is 13.9. The molecule has 0 atom stereocenters. The summed E-state index contributed by atoms with van der Waals surface area (Å²) in [6.07, 6.45) is 0.395. The average molecular weight is 331 g/mol. The molecule has 2 aromatic rings. The smallest absolute Gasteiger partial charge is 0.407 e. The third-order valence-electron chi connectivity index (χ3n) is 3.53. The fourth-order valence-corrected chi connectivity index (χ4v) is 2.31. The molecule has 1 aromatic heterocycles. The van der Waals surface area contributed by atoms with Crippen LogP contribution in [0.4, 0.5) is 4.79 Å². The Morgan fingerprint density at radius 1 is 1.25 bits per heavy atom. The summed E-state index contributed by atoms with van der Waals surface area (Å²) in [6.45, 7) is 5.77. The van der Waals surface area contributed by atoms with E-state index in [4.69, 9.17) is 4.52 Å². The van der Waals surface area contributed by atoms with E-state index in [0.29, 0.717) is 5.56 Å². The predicted molar refractivity (Wildman–Crippen MR) is 88.8 cm³/mol. The maximum Gasteiger partial charge on any atom is 0.407 e. The quantitative estimate of drug-likeness (QED) is 0.878. The molecule has 1 aromatic carbocycles. The Labute approximate surface area is 140 Å². The number of benzene rings is 1. The third-order valence-corrected chi connectivity index (χ3v) is 3.53. The van der Waals surface area contributed by atoms with Gasteiger partial charge in [0.15, 0.2) is 5.69 Å². The van der Waals surface area contributed by atoms with E-state index < -0.39 is 17.5 Å². The van der Waals surface area contributed by atoms with Gasteiger partial charge in [-0.3, -0.25) is 4.79 Å². The number of carbonyl (C=O) groups is 2. The maximum atomic E-state index is 12.3. The monoisotopic (exact) mass is 331 g/mol. The van der Waals surface area contributed by atoms with E-state index in [2.05, 4.69) is 10.5 Å². The molecular weight excluding hydrogens is 310 g/mol. The van der Waals surface area contributed by atoms with Crippen molar-refractivity contribution in [3.05, 3.63) is 42.3 Å². The number of carboxylic acid groups (broad SMARTS) is 1. The first kappa shape index (κ1) is 17.5. The van der Waals surface area contributed by atoms with Crippen LogP contribution in [0.5, 0.6) is 0 Å². The molecule has 0 radical (unpaired) electrons. The average Bonchev–Trinajstić information content (AvgIpc) is 3.00. The van der Waals surface area contributed by atoms with E-state index in [9.17, 15) is 14.7 Å². The van der Waals surface area contributed by atoms with Crippen LogP contribution in [0, 0.1) is 0 Å². The van der Waals surface area contributed by atoms with Gasteiger partial charge in [-0.25, -0.2) is 4.79 Å². The Morgan fingerprint density at radius 3 is 2.50 bits per heavy atom. The van der Waals surface area contributed by atoms with Crippen molar-refractivity contribution in [1.82, 2.24) is 15.4 Å². The summed E-state index contributed by atoms with van der Waals surface area (Å²) in [5.74, 6) is -0.401. The van der Waals surface area contributed by atoms with Gasteiger partial charge >= 0.3 is 6.09 Å². The molecule has 0 aliphatic rings. The first-order valence-electron chi connectivity index (χ1n) is 7.59. The van der Waals surface area contributed by atoms with E-state index in [1.807, 2.05) is 30.3 Å². The van der Waals surface area contributed by atoms with Gasteiger partial charge in [-0.2, -0.15) is 0 Å². The van der Waals surface area contributed by atoms with E-state index in [1.54, 1.807) is 20.8 Å². The van der Waals surface area contributed by atoms with Crippen LogP contribution in [-0.4, -0.2) is 45.8 Å². The topological polar surface area (TPSA) is 95.7 Å². The molecular formula is C17H21N3O4. The van der Waals surface area contributed by atoms with Crippen LogP contribution in [-0.2, 0) is 0 Å². The molecule has 0 aliphatic heterocycles. The molecule has 2 N–H and O–H groups in total. The fourth-order valence-electron chi connectivity index (χ4n) is 2.31. The molecule has 1 heterocycles. The van der Waals surface area contributed by atoms with Gasteiger partial charge in [-0.1, -0.05) is 35.5 Å². The van der Waals surface area contributed by atoms with Gasteiger partial charge in [0.2, 0.25) is 0 Å². The number of hydrogen-bond acceptors (Lipinski definition) is 4. The lowest BCUT2D eigenvalue weighted by atomic mass is 10.1. The fraction of sp³-hybridized carbons (Fsp3) is 0.353. The van der Waals surface area contributed by atoms with Crippen LogP contribution >= 0.6 is 0 Å². The maximum absolute atomic E-state index is 12.3. The highest BCUT2D eigenvalue weighted by Gasteiger charge is 2.26. The molecule has 128 valence electrons. The lowest BCUT2D eigenvalue weighted by Gasteiger charge is -2.33. The first-order chi connectivity index (χ1) is 11.3. The number of aromatic nitrogens is 1. The normalized spacial score (nSPS) is 11.1. The molecule has 0 aliphatic carbocycles. The number of nitrogens with one attached hydrogen (secondary N) is 1. The van der Waals surface area contributed by atoms with E-state index in [-0.39, 0.29) is 18.8 Å². The van der Waals surface area contributed by atoms with Crippen molar-refractivity contribution in [2.45, 2.75) is 26.3 Å². The van der Waals surface area contributed by atoms with Gasteiger partial charge in [0.05, 0.1) is 5.56 Å². The third kappa shape index (κ3) is 4.13. The van der Waals surface area contributed by atoms with E-state index in [1.165, 1.54) is 11.2 Å².